The third kappa shape index (κ3) is 4.37. The number of hydrogen-bond acceptors (Lipinski definition) is 4. The van der Waals surface area contributed by atoms with Crippen LogP contribution < -0.4 is 4.74 Å². The van der Waals surface area contributed by atoms with Crippen LogP contribution in [0.2, 0.25) is 0 Å². The Labute approximate surface area is 108 Å². The Kier molecular flexibility index (Phi) is 5.16. The fourth-order valence-electron chi connectivity index (χ4n) is 1.51. The van der Waals surface area contributed by atoms with Gasteiger partial charge in [0.25, 0.3) is 0 Å². The minimum absolute atomic E-state index is 0.0773. The number of aliphatic hydroxyl groups is 1. The highest BCUT2D eigenvalue weighted by molar-refractivity contribution is 5.89. The predicted octanol–water partition coefficient (Wildman–Crippen LogP) is 2.40. The minimum Gasteiger partial charge on any atom is -0.488 e. The van der Waals surface area contributed by atoms with Crippen molar-refractivity contribution in [1.29, 1.82) is 0 Å². The molecule has 0 aliphatic carbocycles. The summed E-state index contributed by atoms with van der Waals surface area (Å²) in [6.07, 6.45) is 0.548. The van der Waals surface area contributed by atoms with E-state index in [1.165, 1.54) is 0 Å². The minimum atomic E-state index is -0.430. The number of esters is 1. The average molecular weight is 252 g/mol. The standard InChI is InChI=1S/C14H20O4/c1-4-17-13(16)11-5-7-12(8-6-11)18-14(2,3)9-10-15/h5-8,15H,4,9-10H2,1-3H3. The molecule has 18 heavy (non-hydrogen) atoms. The van der Waals surface area contributed by atoms with Gasteiger partial charge in [-0.2, -0.15) is 0 Å². The summed E-state index contributed by atoms with van der Waals surface area (Å²) in [5.41, 5.74) is 0.0735. The summed E-state index contributed by atoms with van der Waals surface area (Å²) in [6, 6.07) is 6.79. The first-order valence-corrected chi connectivity index (χ1v) is 6.05. The molecule has 0 aromatic heterocycles. The molecule has 1 aromatic rings. The number of rotatable bonds is 6. The van der Waals surface area contributed by atoms with Crippen LogP contribution >= 0.6 is 0 Å². The molecule has 0 bridgehead atoms. The number of carbonyl (C=O) groups is 1. The summed E-state index contributed by atoms with van der Waals surface area (Å²) >= 11 is 0. The fraction of sp³-hybridized carbons (Fsp3) is 0.500. The molecule has 0 unspecified atom stereocenters. The first-order chi connectivity index (χ1) is 8.48. The van der Waals surface area contributed by atoms with Crippen molar-refractivity contribution in [1.82, 2.24) is 0 Å². The van der Waals surface area contributed by atoms with Gasteiger partial charge in [0.15, 0.2) is 0 Å². The van der Waals surface area contributed by atoms with Crippen LogP contribution in [0, 0.1) is 0 Å². The van der Waals surface area contributed by atoms with Crippen molar-refractivity contribution in [3.05, 3.63) is 29.8 Å². The highest BCUT2D eigenvalue weighted by Crippen LogP contribution is 2.21. The largest absolute Gasteiger partial charge is 0.488 e. The molecule has 1 aromatic carbocycles. The second-order valence-electron chi connectivity index (χ2n) is 4.58. The summed E-state index contributed by atoms with van der Waals surface area (Å²) in [7, 11) is 0. The van der Waals surface area contributed by atoms with E-state index in [-0.39, 0.29) is 12.6 Å². The van der Waals surface area contributed by atoms with E-state index in [1.54, 1.807) is 31.2 Å². The van der Waals surface area contributed by atoms with Crippen molar-refractivity contribution in [2.45, 2.75) is 32.8 Å². The average Bonchev–Trinajstić information content (AvgIpc) is 2.29. The van der Waals surface area contributed by atoms with Crippen molar-refractivity contribution in [3.8, 4) is 5.75 Å². The first kappa shape index (κ1) is 14.5. The van der Waals surface area contributed by atoms with Gasteiger partial charge >= 0.3 is 5.97 Å². The van der Waals surface area contributed by atoms with Gasteiger partial charge in [-0.25, -0.2) is 4.79 Å². The van der Waals surface area contributed by atoms with E-state index >= 15 is 0 Å². The third-order valence-electron chi connectivity index (χ3n) is 2.47. The van der Waals surface area contributed by atoms with E-state index in [0.717, 1.165) is 0 Å². The van der Waals surface area contributed by atoms with Gasteiger partial charge in [-0.15, -0.1) is 0 Å². The normalized spacial score (nSPS) is 11.1. The Bertz CT molecular complexity index is 381. The lowest BCUT2D eigenvalue weighted by atomic mass is 10.1. The fourth-order valence-corrected chi connectivity index (χ4v) is 1.51. The monoisotopic (exact) mass is 252 g/mol. The van der Waals surface area contributed by atoms with Crippen molar-refractivity contribution in [3.63, 3.8) is 0 Å². The molecule has 0 spiro atoms. The van der Waals surface area contributed by atoms with Crippen LogP contribution in [-0.4, -0.2) is 29.9 Å². The highest BCUT2D eigenvalue weighted by atomic mass is 16.5. The van der Waals surface area contributed by atoms with Crippen LogP contribution in [0.15, 0.2) is 24.3 Å². The van der Waals surface area contributed by atoms with E-state index in [2.05, 4.69) is 0 Å². The predicted molar refractivity (Wildman–Crippen MR) is 68.8 cm³/mol. The topological polar surface area (TPSA) is 55.8 Å². The van der Waals surface area contributed by atoms with E-state index in [0.29, 0.717) is 24.3 Å². The van der Waals surface area contributed by atoms with Gasteiger partial charge in [0.05, 0.1) is 12.2 Å². The van der Waals surface area contributed by atoms with Gasteiger partial charge < -0.3 is 14.6 Å². The number of hydrogen-bond donors (Lipinski definition) is 1. The summed E-state index contributed by atoms with van der Waals surface area (Å²) < 4.78 is 10.6. The summed E-state index contributed by atoms with van der Waals surface area (Å²) in [4.78, 5) is 11.4. The quantitative estimate of drug-likeness (QED) is 0.790. The van der Waals surface area contributed by atoms with Crippen LogP contribution in [0.3, 0.4) is 0 Å². The zero-order valence-electron chi connectivity index (χ0n) is 11.1. The Morgan fingerprint density at radius 2 is 1.89 bits per heavy atom. The van der Waals surface area contributed by atoms with E-state index in [1.807, 2.05) is 13.8 Å². The van der Waals surface area contributed by atoms with Crippen molar-refractivity contribution in [2.75, 3.05) is 13.2 Å². The number of ether oxygens (including phenoxy) is 2. The zero-order chi connectivity index (χ0) is 13.6. The Balaban J connectivity index is 2.68. The van der Waals surface area contributed by atoms with Crippen molar-refractivity contribution in [2.24, 2.45) is 0 Å². The van der Waals surface area contributed by atoms with Crippen LogP contribution in [0.25, 0.3) is 0 Å². The summed E-state index contributed by atoms with van der Waals surface area (Å²) in [5.74, 6) is 0.333. The van der Waals surface area contributed by atoms with E-state index in [9.17, 15) is 4.79 Å². The number of aliphatic hydroxyl groups excluding tert-OH is 1. The summed E-state index contributed by atoms with van der Waals surface area (Å²) in [6.45, 7) is 6.02. The molecule has 0 saturated heterocycles. The zero-order valence-corrected chi connectivity index (χ0v) is 11.1. The molecule has 0 radical (unpaired) electrons. The molecule has 0 atom stereocenters. The Morgan fingerprint density at radius 3 is 2.39 bits per heavy atom. The molecule has 1 rings (SSSR count). The van der Waals surface area contributed by atoms with Gasteiger partial charge in [-0.1, -0.05) is 0 Å². The Hall–Kier alpha value is -1.55. The van der Waals surface area contributed by atoms with Crippen LogP contribution in [0.4, 0.5) is 0 Å². The van der Waals surface area contributed by atoms with Crippen LogP contribution in [0.1, 0.15) is 37.6 Å². The van der Waals surface area contributed by atoms with Crippen LogP contribution in [0.5, 0.6) is 5.75 Å². The lowest BCUT2D eigenvalue weighted by molar-refractivity contribution is 0.0526. The lowest BCUT2D eigenvalue weighted by Crippen LogP contribution is -2.29. The molecule has 100 valence electrons. The van der Waals surface area contributed by atoms with Gasteiger partial charge in [0.2, 0.25) is 0 Å². The second-order valence-corrected chi connectivity index (χ2v) is 4.58. The Morgan fingerprint density at radius 1 is 1.28 bits per heavy atom. The second kappa shape index (κ2) is 6.40. The van der Waals surface area contributed by atoms with Crippen LogP contribution in [-0.2, 0) is 4.74 Å². The molecule has 1 N–H and O–H groups in total. The first-order valence-electron chi connectivity index (χ1n) is 6.05. The number of carbonyl (C=O) groups excluding carboxylic acids is 1. The van der Waals surface area contributed by atoms with Gasteiger partial charge in [0.1, 0.15) is 11.4 Å². The van der Waals surface area contributed by atoms with Crippen molar-refractivity contribution < 1.29 is 19.4 Å². The molecule has 0 fully saturated rings. The summed E-state index contributed by atoms with van der Waals surface area (Å²) in [5, 5.41) is 8.91. The maximum atomic E-state index is 11.4. The molecule has 0 aliphatic heterocycles. The van der Waals surface area contributed by atoms with Crippen molar-refractivity contribution >= 4 is 5.97 Å². The molecule has 0 heterocycles. The SMILES string of the molecule is CCOC(=O)c1ccc(OC(C)(C)CCO)cc1. The maximum absolute atomic E-state index is 11.4. The van der Waals surface area contributed by atoms with E-state index in [4.69, 9.17) is 14.6 Å². The van der Waals surface area contributed by atoms with Gasteiger partial charge in [0, 0.05) is 13.0 Å². The molecule has 0 saturated carbocycles. The van der Waals surface area contributed by atoms with Gasteiger partial charge in [-0.05, 0) is 45.0 Å². The smallest absolute Gasteiger partial charge is 0.338 e. The number of benzene rings is 1. The molecule has 4 nitrogen and oxygen atoms in total. The molecular formula is C14H20O4. The van der Waals surface area contributed by atoms with Gasteiger partial charge in [-0.3, -0.25) is 0 Å². The third-order valence-corrected chi connectivity index (χ3v) is 2.47. The molecule has 4 heteroatoms. The molecular weight excluding hydrogens is 232 g/mol. The molecule has 0 amide bonds. The maximum Gasteiger partial charge on any atom is 0.338 e. The molecule has 0 aliphatic rings. The lowest BCUT2D eigenvalue weighted by Gasteiger charge is -2.25. The van der Waals surface area contributed by atoms with E-state index < -0.39 is 5.60 Å². The highest BCUT2D eigenvalue weighted by Gasteiger charge is 2.19.